The highest BCUT2D eigenvalue weighted by atomic mass is 32.1. The summed E-state index contributed by atoms with van der Waals surface area (Å²) in [7, 11) is 0. The largest absolute Gasteiger partial charge is 0.391 e. The van der Waals surface area contributed by atoms with E-state index >= 15 is 0 Å². The first-order chi connectivity index (χ1) is 8.64. The van der Waals surface area contributed by atoms with Gasteiger partial charge in [0.2, 0.25) is 0 Å². The predicted octanol–water partition coefficient (Wildman–Crippen LogP) is 0.914. The van der Waals surface area contributed by atoms with Crippen LogP contribution in [0.5, 0.6) is 0 Å². The summed E-state index contributed by atoms with van der Waals surface area (Å²) in [6, 6.07) is 0. The summed E-state index contributed by atoms with van der Waals surface area (Å²) in [4.78, 5) is 12.4. The zero-order chi connectivity index (χ0) is 13.0. The van der Waals surface area contributed by atoms with Crippen molar-refractivity contribution in [2.24, 2.45) is 5.73 Å². The molecule has 1 aromatic heterocycles. The Morgan fingerprint density at radius 1 is 1.39 bits per heavy atom. The Morgan fingerprint density at radius 2 is 2.06 bits per heavy atom. The molecule has 1 aliphatic rings. The molecule has 1 saturated carbocycles. The van der Waals surface area contributed by atoms with Crippen LogP contribution in [0.4, 0.5) is 0 Å². The lowest BCUT2D eigenvalue weighted by molar-refractivity contribution is 0.0912. The number of nitrogens with zero attached hydrogens (tertiary/aromatic N) is 2. The molecule has 7 heteroatoms. The van der Waals surface area contributed by atoms with E-state index in [-0.39, 0.29) is 11.6 Å². The highest BCUT2D eigenvalue weighted by molar-refractivity contribution is 7.80. The maximum atomic E-state index is 12.0. The molecule has 18 heavy (non-hydrogen) atoms. The monoisotopic (exact) mass is 267 g/mol. The molecule has 0 unspecified atom stereocenters. The molecule has 1 fully saturated rings. The van der Waals surface area contributed by atoms with Gasteiger partial charge in [-0.15, -0.1) is 0 Å². The van der Waals surface area contributed by atoms with E-state index in [0.717, 1.165) is 38.5 Å². The van der Waals surface area contributed by atoms with Crippen molar-refractivity contribution < 1.29 is 4.79 Å². The van der Waals surface area contributed by atoms with E-state index in [9.17, 15) is 4.79 Å². The number of rotatable bonds is 3. The molecule has 0 saturated heterocycles. The molecule has 4 N–H and O–H groups in total. The lowest BCUT2D eigenvalue weighted by Crippen LogP contribution is -2.56. The van der Waals surface area contributed by atoms with Crippen LogP contribution >= 0.6 is 12.2 Å². The minimum atomic E-state index is -0.568. The van der Waals surface area contributed by atoms with Crippen LogP contribution in [-0.2, 0) is 0 Å². The zero-order valence-corrected chi connectivity index (χ0v) is 10.9. The van der Waals surface area contributed by atoms with E-state index in [1.807, 2.05) is 0 Å². The Morgan fingerprint density at radius 3 is 2.56 bits per heavy atom. The standard InChI is InChI=1S/C11H17N5OS/c12-10(18)11(5-3-1-2-4-6-11)14-9(17)8-7-13-16-15-8/h7H,1-6H2,(H2,12,18)(H,14,17)(H,13,15,16). The molecule has 1 amide bonds. The van der Waals surface area contributed by atoms with E-state index in [1.54, 1.807) is 0 Å². The van der Waals surface area contributed by atoms with Crippen molar-refractivity contribution in [1.29, 1.82) is 0 Å². The van der Waals surface area contributed by atoms with Crippen molar-refractivity contribution >= 4 is 23.1 Å². The topological polar surface area (TPSA) is 96.7 Å². The maximum absolute atomic E-state index is 12.0. The predicted molar refractivity (Wildman–Crippen MR) is 71.1 cm³/mol. The van der Waals surface area contributed by atoms with Crippen molar-refractivity contribution in [3.05, 3.63) is 11.9 Å². The van der Waals surface area contributed by atoms with Crippen LogP contribution in [0.25, 0.3) is 0 Å². The van der Waals surface area contributed by atoms with Crippen LogP contribution in [0.3, 0.4) is 0 Å². The molecule has 0 bridgehead atoms. The summed E-state index contributed by atoms with van der Waals surface area (Å²) in [6.45, 7) is 0. The summed E-state index contributed by atoms with van der Waals surface area (Å²) in [6.07, 6.45) is 7.35. The number of nitrogens with one attached hydrogen (secondary N) is 2. The van der Waals surface area contributed by atoms with Crippen molar-refractivity contribution in [2.45, 2.75) is 44.1 Å². The van der Waals surface area contributed by atoms with Crippen LogP contribution < -0.4 is 11.1 Å². The Labute approximate surface area is 111 Å². The lowest BCUT2D eigenvalue weighted by atomic mass is 9.90. The van der Waals surface area contributed by atoms with Crippen LogP contribution in [0.1, 0.15) is 49.0 Å². The Hall–Kier alpha value is -1.50. The maximum Gasteiger partial charge on any atom is 0.274 e. The van der Waals surface area contributed by atoms with Gasteiger partial charge in [-0.25, -0.2) is 0 Å². The van der Waals surface area contributed by atoms with E-state index in [2.05, 4.69) is 20.7 Å². The molecule has 1 aliphatic carbocycles. The van der Waals surface area contributed by atoms with Crippen molar-refractivity contribution in [3.63, 3.8) is 0 Å². The van der Waals surface area contributed by atoms with Gasteiger partial charge in [0.15, 0.2) is 5.69 Å². The molecule has 6 nitrogen and oxygen atoms in total. The second-order valence-corrected chi connectivity index (χ2v) is 5.11. The van der Waals surface area contributed by atoms with Gasteiger partial charge in [0.05, 0.1) is 16.7 Å². The van der Waals surface area contributed by atoms with E-state index in [1.165, 1.54) is 6.20 Å². The van der Waals surface area contributed by atoms with E-state index in [0.29, 0.717) is 4.99 Å². The van der Waals surface area contributed by atoms with Crippen LogP contribution in [0, 0.1) is 0 Å². The third-order valence-corrected chi connectivity index (χ3v) is 3.82. The molecule has 0 atom stereocenters. The van der Waals surface area contributed by atoms with E-state index < -0.39 is 5.54 Å². The molecule has 0 aliphatic heterocycles. The second kappa shape index (κ2) is 5.43. The fourth-order valence-corrected chi connectivity index (χ4v) is 2.61. The van der Waals surface area contributed by atoms with Crippen molar-refractivity contribution in [3.8, 4) is 0 Å². The number of nitrogens with two attached hydrogens (primary N) is 1. The van der Waals surface area contributed by atoms with Gasteiger partial charge in [-0.1, -0.05) is 37.9 Å². The van der Waals surface area contributed by atoms with Gasteiger partial charge >= 0.3 is 0 Å². The average Bonchev–Trinajstić information content (AvgIpc) is 2.77. The summed E-state index contributed by atoms with van der Waals surface area (Å²) < 4.78 is 0. The minimum absolute atomic E-state index is 0.259. The van der Waals surface area contributed by atoms with Crippen LogP contribution in [0.15, 0.2) is 6.20 Å². The number of aromatic nitrogens is 3. The summed E-state index contributed by atoms with van der Waals surface area (Å²) >= 11 is 5.15. The summed E-state index contributed by atoms with van der Waals surface area (Å²) in [5.41, 5.74) is 5.54. The Kier molecular flexibility index (Phi) is 3.90. The zero-order valence-electron chi connectivity index (χ0n) is 10.1. The fraction of sp³-hybridized carbons (Fsp3) is 0.636. The van der Waals surface area contributed by atoms with Crippen molar-refractivity contribution in [1.82, 2.24) is 20.7 Å². The summed E-state index contributed by atoms with van der Waals surface area (Å²) in [5, 5.41) is 12.7. The van der Waals surface area contributed by atoms with Gasteiger partial charge in [0.25, 0.3) is 5.91 Å². The molecule has 0 aromatic carbocycles. The number of H-pyrrole nitrogens is 1. The molecule has 2 rings (SSSR count). The quantitative estimate of drug-likeness (QED) is 0.559. The first-order valence-electron chi connectivity index (χ1n) is 6.12. The number of amides is 1. The second-order valence-electron chi connectivity index (χ2n) is 4.67. The van der Waals surface area contributed by atoms with Crippen molar-refractivity contribution in [2.75, 3.05) is 0 Å². The third-order valence-electron chi connectivity index (χ3n) is 3.43. The van der Waals surface area contributed by atoms with Crippen LogP contribution in [-0.4, -0.2) is 31.8 Å². The Bertz CT molecular complexity index is 423. The third kappa shape index (κ3) is 2.66. The highest BCUT2D eigenvalue weighted by Crippen LogP contribution is 2.27. The van der Waals surface area contributed by atoms with Crippen LogP contribution in [0.2, 0.25) is 0 Å². The first-order valence-corrected chi connectivity index (χ1v) is 6.53. The lowest BCUT2D eigenvalue weighted by Gasteiger charge is -2.32. The van der Waals surface area contributed by atoms with Gasteiger partial charge in [-0.2, -0.15) is 15.4 Å². The smallest absolute Gasteiger partial charge is 0.274 e. The number of hydrogen-bond acceptors (Lipinski definition) is 4. The molecule has 1 aromatic rings. The molecular formula is C11H17N5OS. The minimum Gasteiger partial charge on any atom is -0.391 e. The van der Waals surface area contributed by atoms with Gasteiger partial charge < -0.3 is 11.1 Å². The van der Waals surface area contributed by atoms with Gasteiger partial charge in [-0.3, -0.25) is 4.79 Å². The van der Waals surface area contributed by atoms with Gasteiger partial charge in [0.1, 0.15) is 0 Å². The number of thiocarbonyl (C=S) groups is 1. The molecule has 98 valence electrons. The van der Waals surface area contributed by atoms with Gasteiger partial charge in [-0.05, 0) is 12.8 Å². The number of aromatic amines is 1. The van der Waals surface area contributed by atoms with Gasteiger partial charge in [0, 0.05) is 0 Å². The number of carbonyl (C=O) groups excluding carboxylic acids is 1. The molecule has 0 spiro atoms. The molecular weight excluding hydrogens is 250 g/mol. The highest BCUT2D eigenvalue weighted by Gasteiger charge is 2.36. The molecule has 1 heterocycles. The number of hydrogen-bond donors (Lipinski definition) is 3. The SMILES string of the molecule is NC(=S)C1(NC(=O)c2cn[nH]n2)CCCCCC1. The molecule has 0 radical (unpaired) electrons. The summed E-state index contributed by atoms with van der Waals surface area (Å²) in [5.74, 6) is -0.279. The van der Waals surface area contributed by atoms with E-state index in [4.69, 9.17) is 18.0 Å². The number of carbonyl (C=O) groups is 1. The fourth-order valence-electron chi connectivity index (χ4n) is 2.36. The average molecular weight is 267 g/mol. The normalized spacial score (nSPS) is 18.9. The Balaban J connectivity index is 2.15. The first kappa shape index (κ1) is 12.9.